The van der Waals surface area contributed by atoms with E-state index in [1.807, 2.05) is 41.6 Å². The Kier molecular flexibility index (Phi) is 9.50. The molecule has 4 bridgehead atoms. The van der Waals surface area contributed by atoms with Gasteiger partial charge in [-0.2, -0.15) is 0 Å². The fourth-order valence-corrected chi connectivity index (χ4v) is 5.18. The molecule has 0 unspecified atom stereocenters. The number of carbonyl (C=O) groups excluding carboxylic acids is 2. The van der Waals surface area contributed by atoms with Gasteiger partial charge < -0.3 is 34.4 Å². The maximum Gasteiger partial charge on any atom is 0.254 e. The Bertz CT molecular complexity index is 1380. The third-order valence-electron chi connectivity index (χ3n) is 7.49. The van der Waals surface area contributed by atoms with Crippen LogP contribution in [0.25, 0.3) is 0 Å². The van der Waals surface area contributed by atoms with Crippen molar-refractivity contribution in [1.29, 1.82) is 0 Å². The summed E-state index contributed by atoms with van der Waals surface area (Å²) in [6.07, 6.45) is 5.21. The first-order chi connectivity index (χ1) is 20.5. The number of rotatable bonds is 6. The Labute approximate surface area is 245 Å². The number of nitrogens with one attached hydrogen (secondary N) is 1. The second-order valence-corrected chi connectivity index (χ2v) is 10.4. The third kappa shape index (κ3) is 6.97. The molecule has 11 heteroatoms. The zero-order valence-electron chi connectivity index (χ0n) is 24.0. The minimum absolute atomic E-state index is 0.108. The number of aliphatic hydroxyl groups excluding tert-OH is 1. The lowest BCUT2D eigenvalue weighted by molar-refractivity contribution is -0.124. The smallest absolute Gasteiger partial charge is 0.254 e. The molecule has 2 atom stereocenters. The lowest BCUT2D eigenvalue weighted by atomic mass is 10.0. The number of amides is 2. The number of hydrogen-bond donors (Lipinski definition) is 2. The number of aryl methyl sites for hydroxylation is 1. The van der Waals surface area contributed by atoms with E-state index in [0.29, 0.717) is 61.3 Å². The van der Waals surface area contributed by atoms with E-state index in [2.05, 4.69) is 22.2 Å². The van der Waals surface area contributed by atoms with Crippen LogP contribution in [0.3, 0.4) is 0 Å². The van der Waals surface area contributed by atoms with Crippen molar-refractivity contribution in [2.45, 2.75) is 44.9 Å². The standard InChI is InChI=1S/C31H37N5O6/c1-3-21-16-32-31(33-17-21)36-12-10-26-25(18-36)34-29(38)19-35(11-5-13-37)30(39)23-8-9-27(40-2)28(15-23)42-24-7-4-6-22(14-24)20-41-26/h4,6-9,14-17,25-26,37H,3,5,10-13,18-20H2,1-2H3,(H,34,38)/t25-,26-/m0/s1. The van der Waals surface area contributed by atoms with Crippen LogP contribution in [0.5, 0.6) is 17.2 Å². The van der Waals surface area contributed by atoms with Crippen molar-refractivity contribution in [3.63, 3.8) is 0 Å². The fourth-order valence-electron chi connectivity index (χ4n) is 5.18. The van der Waals surface area contributed by atoms with Crippen LogP contribution >= 0.6 is 0 Å². The average molecular weight is 576 g/mol. The van der Waals surface area contributed by atoms with Gasteiger partial charge in [-0.1, -0.05) is 19.1 Å². The molecule has 1 fully saturated rings. The number of anilines is 1. The summed E-state index contributed by atoms with van der Waals surface area (Å²) in [5.41, 5.74) is 2.31. The number of piperidine rings is 1. The second kappa shape index (κ2) is 13.6. The molecule has 0 spiro atoms. The topological polar surface area (TPSA) is 126 Å². The molecule has 3 heterocycles. The van der Waals surface area contributed by atoms with Gasteiger partial charge in [-0.05, 0) is 60.7 Å². The molecule has 0 saturated carbocycles. The Morgan fingerprint density at radius 3 is 2.74 bits per heavy atom. The second-order valence-electron chi connectivity index (χ2n) is 10.4. The van der Waals surface area contributed by atoms with Crippen LogP contribution in [0.2, 0.25) is 0 Å². The van der Waals surface area contributed by atoms with E-state index in [0.717, 1.165) is 17.5 Å². The van der Waals surface area contributed by atoms with Crippen molar-refractivity contribution >= 4 is 17.8 Å². The first kappa shape index (κ1) is 29.3. The van der Waals surface area contributed by atoms with Crippen LogP contribution in [0.1, 0.15) is 41.3 Å². The van der Waals surface area contributed by atoms with Crippen LogP contribution in [0.15, 0.2) is 54.9 Å². The minimum Gasteiger partial charge on any atom is -0.493 e. The van der Waals surface area contributed by atoms with Gasteiger partial charge in [0, 0.05) is 44.2 Å². The van der Waals surface area contributed by atoms with Crippen molar-refractivity contribution in [3.05, 3.63) is 71.5 Å². The molecule has 3 aromatic rings. The van der Waals surface area contributed by atoms with E-state index in [1.54, 1.807) is 18.2 Å². The van der Waals surface area contributed by atoms with Gasteiger partial charge in [0.2, 0.25) is 11.9 Å². The molecule has 0 radical (unpaired) electrons. The Balaban J connectivity index is 1.45. The predicted molar refractivity (Wildman–Crippen MR) is 156 cm³/mol. The van der Waals surface area contributed by atoms with Gasteiger partial charge in [-0.3, -0.25) is 9.59 Å². The van der Waals surface area contributed by atoms with Crippen molar-refractivity contribution in [3.8, 4) is 17.2 Å². The van der Waals surface area contributed by atoms with Gasteiger partial charge in [0.05, 0.1) is 32.4 Å². The monoisotopic (exact) mass is 575 g/mol. The molecule has 2 aliphatic heterocycles. The van der Waals surface area contributed by atoms with Crippen molar-refractivity contribution in [2.24, 2.45) is 0 Å². The number of fused-ring (bicyclic) bond motifs is 5. The van der Waals surface area contributed by atoms with E-state index in [-0.39, 0.29) is 43.7 Å². The molecule has 42 heavy (non-hydrogen) atoms. The Morgan fingerprint density at radius 1 is 1.14 bits per heavy atom. The third-order valence-corrected chi connectivity index (χ3v) is 7.49. The highest BCUT2D eigenvalue weighted by Crippen LogP contribution is 2.33. The van der Waals surface area contributed by atoms with Gasteiger partial charge in [-0.25, -0.2) is 9.97 Å². The summed E-state index contributed by atoms with van der Waals surface area (Å²) in [5.74, 6) is 1.36. The van der Waals surface area contributed by atoms with Gasteiger partial charge in [0.25, 0.3) is 5.91 Å². The van der Waals surface area contributed by atoms with E-state index < -0.39 is 0 Å². The Morgan fingerprint density at radius 2 is 1.98 bits per heavy atom. The number of methoxy groups -OCH3 is 1. The highest BCUT2D eigenvalue weighted by atomic mass is 16.5. The SMILES string of the molecule is CCc1cnc(N2CC[C@@H]3OCc4cccc(c4)Oc4cc(ccc4OC)C(=O)N(CCCO)CC(=O)N[C@H]3C2)nc1. The summed E-state index contributed by atoms with van der Waals surface area (Å²) in [6, 6.07) is 12.1. The van der Waals surface area contributed by atoms with Gasteiger partial charge >= 0.3 is 0 Å². The largest absolute Gasteiger partial charge is 0.493 e. The summed E-state index contributed by atoms with van der Waals surface area (Å²) >= 11 is 0. The molecule has 2 amide bonds. The van der Waals surface area contributed by atoms with E-state index in [4.69, 9.17) is 14.2 Å². The highest BCUT2D eigenvalue weighted by Gasteiger charge is 2.33. The van der Waals surface area contributed by atoms with Crippen LogP contribution in [-0.2, 0) is 22.6 Å². The average Bonchev–Trinajstić information content (AvgIpc) is 3.02. The number of benzene rings is 2. The van der Waals surface area contributed by atoms with Gasteiger partial charge in [-0.15, -0.1) is 0 Å². The van der Waals surface area contributed by atoms with Gasteiger partial charge in [0.15, 0.2) is 11.5 Å². The van der Waals surface area contributed by atoms with Crippen LogP contribution in [0, 0.1) is 0 Å². The molecule has 2 N–H and O–H groups in total. The van der Waals surface area contributed by atoms with E-state index in [1.165, 1.54) is 12.0 Å². The number of aromatic nitrogens is 2. The molecule has 222 valence electrons. The zero-order chi connectivity index (χ0) is 29.5. The summed E-state index contributed by atoms with van der Waals surface area (Å²) in [6.45, 7) is 3.43. The molecule has 1 saturated heterocycles. The summed E-state index contributed by atoms with van der Waals surface area (Å²) in [4.78, 5) is 39.6. The molecule has 1 aromatic heterocycles. The molecular weight excluding hydrogens is 538 g/mol. The maximum atomic E-state index is 13.6. The lowest BCUT2D eigenvalue weighted by Gasteiger charge is -2.39. The molecule has 5 rings (SSSR count). The van der Waals surface area contributed by atoms with Crippen LogP contribution in [0.4, 0.5) is 5.95 Å². The Hall–Kier alpha value is -4.22. The highest BCUT2D eigenvalue weighted by molar-refractivity contribution is 5.97. The minimum atomic E-state index is -0.365. The van der Waals surface area contributed by atoms with E-state index in [9.17, 15) is 14.7 Å². The summed E-state index contributed by atoms with van der Waals surface area (Å²) in [5, 5.41) is 12.6. The van der Waals surface area contributed by atoms with Crippen LogP contribution in [-0.4, -0.2) is 83.8 Å². The first-order valence-electron chi connectivity index (χ1n) is 14.3. The fraction of sp³-hybridized carbons (Fsp3) is 0.419. The molecule has 11 nitrogen and oxygen atoms in total. The van der Waals surface area contributed by atoms with Crippen molar-refractivity contribution in [1.82, 2.24) is 20.2 Å². The maximum absolute atomic E-state index is 13.6. The normalized spacial score (nSPS) is 19.5. The zero-order valence-corrected chi connectivity index (χ0v) is 24.0. The summed E-state index contributed by atoms with van der Waals surface area (Å²) < 4.78 is 18.0. The number of aliphatic hydroxyl groups is 1. The van der Waals surface area contributed by atoms with Crippen molar-refractivity contribution < 1.29 is 28.9 Å². The number of hydrogen-bond acceptors (Lipinski definition) is 9. The van der Waals surface area contributed by atoms with Gasteiger partial charge in [0.1, 0.15) is 5.75 Å². The number of carbonyl (C=O) groups is 2. The van der Waals surface area contributed by atoms with Crippen molar-refractivity contribution in [2.75, 3.05) is 44.8 Å². The molecule has 2 aliphatic rings. The van der Waals surface area contributed by atoms with Crippen LogP contribution < -0.4 is 19.7 Å². The lowest BCUT2D eigenvalue weighted by Crippen LogP contribution is -2.57. The number of nitrogens with zero attached hydrogens (tertiary/aromatic N) is 4. The van der Waals surface area contributed by atoms with E-state index >= 15 is 0 Å². The first-order valence-corrected chi connectivity index (χ1v) is 14.3. The molecule has 2 aromatic carbocycles. The molecular formula is C31H37N5O6. The predicted octanol–water partition coefficient (Wildman–Crippen LogP) is 2.96. The summed E-state index contributed by atoms with van der Waals surface area (Å²) in [7, 11) is 1.53. The quantitative estimate of drug-likeness (QED) is 0.456. The number of ether oxygens (including phenoxy) is 3. The molecule has 0 aliphatic carbocycles.